The highest BCUT2D eigenvalue weighted by molar-refractivity contribution is 8.00. The predicted octanol–water partition coefficient (Wildman–Crippen LogP) is 2.42. The van der Waals surface area contributed by atoms with Gasteiger partial charge in [-0.05, 0) is 13.3 Å². The standard InChI is InChI=1S/C14H25N5OS/c1-5-7-15-12-16-13(18-14(17-12)20-6-2)19-8-10(3)21-11(4)9-19/h10-11H,5-9H2,1-4H3,(H,15,16,17,18). The van der Waals surface area contributed by atoms with Gasteiger partial charge in [0.1, 0.15) is 0 Å². The van der Waals surface area contributed by atoms with E-state index in [0.29, 0.717) is 35.0 Å². The molecule has 2 heterocycles. The second kappa shape index (κ2) is 7.68. The lowest BCUT2D eigenvalue weighted by molar-refractivity contribution is 0.312. The van der Waals surface area contributed by atoms with Gasteiger partial charge in [0.2, 0.25) is 11.9 Å². The van der Waals surface area contributed by atoms with Gasteiger partial charge in [0, 0.05) is 30.1 Å². The summed E-state index contributed by atoms with van der Waals surface area (Å²) >= 11 is 2.01. The molecule has 1 fully saturated rings. The summed E-state index contributed by atoms with van der Waals surface area (Å²) in [5.41, 5.74) is 0. The first-order valence-corrected chi connectivity index (χ1v) is 8.59. The number of aromatic nitrogens is 3. The van der Waals surface area contributed by atoms with Crippen LogP contribution in [0.4, 0.5) is 11.9 Å². The van der Waals surface area contributed by atoms with E-state index >= 15 is 0 Å². The zero-order valence-electron chi connectivity index (χ0n) is 13.3. The first-order chi connectivity index (χ1) is 10.1. The number of ether oxygens (including phenoxy) is 1. The van der Waals surface area contributed by atoms with Crippen molar-refractivity contribution >= 4 is 23.7 Å². The summed E-state index contributed by atoms with van der Waals surface area (Å²) in [5.74, 6) is 1.31. The lowest BCUT2D eigenvalue weighted by Gasteiger charge is -2.34. The van der Waals surface area contributed by atoms with E-state index in [2.05, 4.69) is 45.9 Å². The molecule has 1 aromatic heterocycles. The van der Waals surface area contributed by atoms with Crippen LogP contribution in [0, 0.1) is 0 Å². The molecule has 1 aromatic rings. The van der Waals surface area contributed by atoms with Crippen LogP contribution in [0.5, 0.6) is 6.01 Å². The summed E-state index contributed by atoms with van der Waals surface area (Å²) in [4.78, 5) is 15.5. The van der Waals surface area contributed by atoms with Crippen molar-refractivity contribution in [1.82, 2.24) is 15.0 Å². The van der Waals surface area contributed by atoms with Crippen LogP contribution in [-0.4, -0.2) is 51.7 Å². The molecule has 1 aliphatic heterocycles. The fourth-order valence-electron chi connectivity index (χ4n) is 2.34. The van der Waals surface area contributed by atoms with E-state index < -0.39 is 0 Å². The third kappa shape index (κ3) is 4.62. The second-order valence-corrected chi connectivity index (χ2v) is 7.15. The molecule has 2 unspecified atom stereocenters. The normalized spacial score (nSPS) is 22.2. The maximum absolute atomic E-state index is 5.48. The van der Waals surface area contributed by atoms with E-state index in [0.717, 1.165) is 26.1 Å². The van der Waals surface area contributed by atoms with E-state index in [4.69, 9.17) is 4.74 Å². The average molecular weight is 311 g/mol. The van der Waals surface area contributed by atoms with Gasteiger partial charge in [-0.2, -0.15) is 26.7 Å². The van der Waals surface area contributed by atoms with Crippen molar-refractivity contribution in [2.45, 2.75) is 44.6 Å². The van der Waals surface area contributed by atoms with Gasteiger partial charge in [0.05, 0.1) is 6.61 Å². The molecule has 1 aliphatic rings. The molecule has 1 saturated heterocycles. The largest absolute Gasteiger partial charge is 0.464 e. The monoisotopic (exact) mass is 311 g/mol. The van der Waals surface area contributed by atoms with E-state index in [1.807, 2.05) is 18.7 Å². The second-order valence-electron chi connectivity index (χ2n) is 5.26. The SMILES string of the molecule is CCCNc1nc(OCC)nc(N2CC(C)SC(C)C2)n1. The molecular weight excluding hydrogens is 286 g/mol. The number of hydrogen-bond donors (Lipinski definition) is 1. The van der Waals surface area contributed by atoms with E-state index in [1.165, 1.54) is 0 Å². The van der Waals surface area contributed by atoms with Crippen molar-refractivity contribution in [1.29, 1.82) is 0 Å². The van der Waals surface area contributed by atoms with Crippen LogP contribution in [-0.2, 0) is 0 Å². The third-order valence-electron chi connectivity index (χ3n) is 3.11. The molecule has 6 nitrogen and oxygen atoms in total. The number of nitrogens with one attached hydrogen (secondary N) is 1. The Hall–Kier alpha value is -1.24. The summed E-state index contributed by atoms with van der Waals surface area (Å²) in [6.07, 6.45) is 1.03. The number of nitrogens with zero attached hydrogens (tertiary/aromatic N) is 4. The van der Waals surface area contributed by atoms with Gasteiger partial charge in [0.25, 0.3) is 0 Å². The summed E-state index contributed by atoms with van der Waals surface area (Å²) in [7, 11) is 0. The summed E-state index contributed by atoms with van der Waals surface area (Å²) < 4.78 is 5.48. The van der Waals surface area contributed by atoms with E-state index in [1.54, 1.807) is 0 Å². The van der Waals surface area contributed by atoms with Crippen LogP contribution in [0.25, 0.3) is 0 Å². The summed E-state index contributed by atoms with van der Waals surface area (Å²) in [6, 6.07) is 0.402. The number of rotatable bonds is 6. The zero-order valence-corrected chi connectivity index (χ0v) is 14.1. The van der Waals surface area contributed by atoms with Crippen molar-refractivity contribution in [3.63, 3.8) is 0 Å². The lowest BCUT2D eigenvalue weighted by Crippen LogP contribution is -2.41. The predicted molar refractivity (Wildman–Crippen MR) is 88.5 cm³/mol. The van der Waals surface area contributed by atoms with Crippen LogP contribution in [0.15, 0.2) is 0 Å². The number of thioether (sulfide) groups is 1. The van der Waals surface area contributed by atoms with Gasteiger partial charge < -0.3 is 15.0 Å². The van der Waals surface area contributed by atoms with Crippen LogP contribution in [0.3, 0.4) is 0 Å². The fourth-order valence-corrected chi connectivity index (χ4v) is 3.66. The highest BCUT2D eigenvalue weighted by atomic mass is 32.2. The maximum atomic E-state index is 5.48. The van der Waals surface area contributed by atoms with Gasteiger partial charge >= 0.3 is 6.01 Å². The Bertz CT molecular complexity index is 449. The molecule has 21 heavy (non-hydrogen) atoms. The van der Waals surface area contributed by atoms with Crippen molar-refractivity contribution in [2.24, 2.45) is 0 Å². The van der Waals surface area contributed by atoms with Gasteiger partial charge in [-0.15, -0.1) is 0 Å². The minimum Gasteiger partial charge on any atom is -0.464 e. The third-order valence-corrected chi connectivity index (χ3v) is 4.34. The van der Waals surface area contributed by atoms with Crippen molar-refractivity contribution in [3.8, 4) is 6.01 Å². The van der Waals surface area contributed by atoms with E-state index in [9.17, 15) is 0 Å². The summed E-state index contributed by atoms with van der Waals surface area (Å²) in [6.45, 7) is 11.9. The van der Waals surface area contributed by atoms with Crippen molar-refractivity contribution < 1.29 is 4.74 Å². The number of hydrogen-bond acceptors (Lipinski definition) is 7. The Morgan fingerprint density at radius 2 is 1.90 bits per heavy atom. The first-order valence-electron chi connectivity index (χ1n) is 7.65. The lowest BCUT2D eigenvalue weighted by atomic mass is 10.3. The van der Waals surface area contributed by atoms with E-state index in [-0.39, 0.29) is 0 Å². The van der Waals surface area contributed by atoms with Crippen LogP contribution in [0.2, 0.25) is 0 Å². The maximum Gasteiger partial charge on any atom is 0.323 e. The minimum atomic E-state index is 0.402. The Morgan fingerprint density at radius 3 is 2.52 bits per heavy atom. The summed E-state index contributed by atoms with van der Waals surface area (Å²) in [5, 5.41) is 4.37. The first kappa shape index (κ1) is 16.1. The van der Waals surface area contributed by atoms with Crippen LogP contribution in [0.1, 0.15) is 34.1 Å². The molecule has 0 saturated carbocycles. The Balaban J connectivity index is 2.21. The molecule has 1 N–H and O–H groups in total. The molecule has 2 rings (SSSR count). The van der Waals surface area contributed by atoms with Crippen LogP contribution >= 0.6 is 11.8 Å². The molecule has 118 valence electrons. The van der Waals surface area contributed by atoms with Gasteiger partial charge in [-0.3, -0.25) is 0 Å². The van der Waals surface area contributed by atoms with Crippen molar-refractivity contribution in [3.05, 3.63) is 0 Å². The molecule has 2 atom stereocenters. The molecule has 0 bridgehead atoms. The molecule has 0 spiro atoms. The van der Waals surface area contributed by atoms with Gasteiger partial charge in [-0.1, -0.05) is 20.8 Å². The topological polar surface area (TPSA) is 63.2 Å². The minimum absolute atomic E-state index is 0.402. The average Bonchev–Trinajstić information content (AvgIpc) is 2.44. The molecule has 7 heteroatoms. The fraction of sp³-hybridized carbons (Fsp3) is 0.786. The highest BCUT2D eigenvalue weighted by Crippen LogP contribution is 2.27. The smallest absolute Gasteiger partial charge is 0.323 e. The molecular formula is C14H25N5OS. The zero-order chi connectivity index (χ0) is 15.2. The number of anilines is 2. The molecule has 0 radical (unpaired) electrons. The Morgan fingerprint density at radius 1 is 1.19 bits per heavy atom. The highest BCUT2D eigenvalue weighted by Gasteiger charge is 2.25. The molecule has 0 aromatic carbocycles. The van der Waals surface area contributed by atoms with Gasteiger partial charge in [-0.25, -0.2) is 0 Å². The molecule has 0 amide bonds. The molecule has 0 aliphatic carbocycles. The van der Waals surface area contributed by atoms with Crippen molar-refractivity contribution in [2.75, 3.05) is 36.5 Å². The Labute approximate surface area is 131 Å². The van der Waals surface area contributed by atoms with Gasteiger partial charge in [0.15, 0.2) is 0 Å². The Kier molecular flexibility index (Phi) is 5.90. The van der Waals surface area contributed by atoms with Crippen LogP contribution < -0.4 is 15.0 Å². The quantitative estimate of drug-likeness (QED) is 0.865.